The second-order valence-electron chi connectivity index (χ2n) is 6.06. The molecule has 26 heavy (non-hydrogen) atoms. The van der Waals surface area contributed by atoms with Gasteiger partial charge in [-0.05, 0) is 30.3 Å². The summed E-state index contributed by atoms with van der Waals surface area (Å²) >= 11 is 5.97. The number of imidazole rings is 1. The molecule has 1 aliphatic rings. The van der Waals surface area contributed by atoms with E-state index in [1.54, 1.807) is 28.8 Å². The van der Waals surface area contributed by atoms with E-state index in [4.69, 9.17) is 26.8 Å². The number of Topliss-reactive ketones (excluding diaryl/α,β-unsaturated/α-hetero) is 1. The number of benzene rings is 2. The van der Waals surface area contributed by atoms with Gasteiger partial charge in [0.2, 0.25) is 6.79 Å². The number of anilines is 1. The third kappa shape index (κ3) is 2.88. The lowest BCUT2D eigenvalue weighted by molar-refractivity contribution is -0.667. The first kappa shape index (κ1) is 16.5. The summed E-state index contributed by atoms with van der Waals surface area (Å²) in [6.07, 6.45) is 1.86. The Hall–Kier alpha value is -2.99. The standard InChI is InChI=1S/C19H16ClN3O3/c1-22-15(12-5-6-17-18(8-12)26-11-25-17)9-23(19(22)21)10-16(24)13-3-2-4-14(20)7-13/h2-9,21H,10-11H2,1H3/p+1. The predicted molar refractivity (Wildman–Crippen MR) is 97.4 cm³/mol. The van der Waals surface area contributed by atoms with Crippen LogP contribution in [0.5, 0.6) is 11.5 Å². The van der Waals surface area contributed by atoms with Crippen LogP contribution in [0.1, 0.15) is 10.4 Å². The zero-order chi connectivity index (χ0) is 18.3. The van der Waals surface area contributed by atoms with Crippen LogP contribution in [-0.2, 0) is 13.6 Å². The summed E-state index contributed by atoms with van der Waals surface area (Å²) in [5.74, 6) is 1.84. The number of ketones is 1. The molecule has 132 valence electrons. The smallest absolute Gasteiger partial charge is 0.355 e. The molecule has 0 aliphatic carbocycles. The summed E-state index contributed by atoms with van der Waals surface area (Å²) in [5, 5.41) is 0.530. The Morgan fingerprint density at radius 1 is 1.23 bits per heavy atom. The lowest BCUT2D eigenvalue weighted by Gasteiger charge is -2.01. The van der Waals surface area contributed by atoms with Gasteiger partial charge in [-0.3, -0.25) is 10.5 Å². The number of rotatable bonds is 4. The SMILES string of the molecule is Cn1c(-c2ccc3c(c2)OCO3)c[n+](CC(=O)c2cccc(Cl)c2)c1N. The maximum atomic E-state index is 12.5. The van der Waals surface area contributed by atoms with E-state index in [-0.39, 0.29) is 19.1 Å². The van der Waals surface area contributed by atoms with Crippen LogP contribution < -0.4 is 19.8 Å². The van der Waals surface area contributed by atoms with Gasteiger partial charge in [-0.25, -0.2) is 9.13 Å². The van der Waals surface area contributed by atoms with Gasteiger partial charge in [0.1, 0.15) is 18.4 Å². The molecule has 2 N–H and O–H groups in total. The minimum atomic E-state index is -0.0629. The molecular formula is C19H17ClN3O3+. The third-order valence-electron chi connectivity index (χ3n) is 4.41. The molecule has 7 heteroatoms. The molecule has 0 saturated heterocycles. The number of nitrogens with zero attached hydrogens (tertiary/aromatic N) is 2. The van der Waals surface area contributed by atoms with E-state index in [0.29, 0.717) is 22.3 Å². The molecule has 0 bridgehead atoms. The maximum Gasteiger partial charge on any atom is 0.355 e. The number of hydrogen-bond donors (Lipinski definition) is 1. The van der Waals surface area contributed by atoms with Crippen LogP contribution in [0, 0.1) is 0 Å². The van der Waals surface area contributed by atoms with Gasteiger partial charge in [0.15, 0.2) is 17.3 Å². The van der Waals surface area contributed by atoms with Gasteiger partial charge in [-0.15, -0.1) is 0 Å². The van der Waals surface area contributed by atoms with Gasteiger partial charge in [0, 0.05) is 16.1 Å². The van der Waals surface area contributed by atoms with Gasteiger partial charge >= 0.3 is 5.95 Å². The average molecular weight is 371 g/mol. The second kappa shape index (κ2) is 6.38. The van der Waals surface area contributed by atoms with Crippen LogP contribution in [0.25, 0.3) is 11.3 Å². The van der Waals surface area contributed by atoms with Crippen LogP contribution in [0.15, 0.2) is 48.7 Å². The lowest BCUT2D eigenvalue weighted by atomic mass is 10.1. The number of nitrogens with two attached hydrogens (primary N) is 1. The van der Waals surface area contributed by atoms with Crippen molar-refractivity contribution in [1.82, 2.24) is 4.57 Å². The minimum absolute atomic E-state index is 0.0629. The highest BCUT2D eigenvalue weighted by Gasteiger charge is 2.22. The normalized spacial score (nSPS) is 12.4. The number of aromatic nitrogens is 2. The molecule has 6 nitrogen and oxygen atoms in total. The average Bonchev–Trinajstić information content (AvgIpc) is 3.21. The quantitative estimate of drug-likeness (QED) is 0.566. The Kier molecular flexibility index (Phi) is 4.05. The molecule has 1 aromatic heterocycles. The maximum absolute atomic E-state index is 12.5. The van der Waals surface area contributed by atoms with Gasteiger partial charge in [-0.1, -0.05) is 23.7 Å². The van der Waals surface area contributed by atoms with Crippen molar-refractivity contribution in [2.24, 2.45) is 7.05 Å². The molecule has 0 fully saturated rings. The lowest BCUT2D eigenvalue weighted by Crippen LogP contribution is -2.39. The molecule has 3 aromatic rings. The first-order valence-corrected chi connectivity index (χ1v) is 8.44. The van der Waals surface area contributed by atoms with Crippen LogP contribution >= 0.6 is 11.6 Å². The number of carbonyl (C=O) groups excluding carboxylic acids is 1. The monoisotopic (exact) mass is 370 g/mol. The molecule has 2 heterocycles. The molecule has 0 radical (unpaired) electrons. The van der Waals surface area contributed by atoms with Crippen LogP contribution in [0.3, 0.4) is 0 Å². The molecule has 0 saturated carbocycles. The summed E-state index contributed by atoms with van der Waals surface area (Å²) in [5.41, 5.74) is 8.56. The second-order valence-corrected chi connectivity index (χ2v) is 6.50. The zero-order valence-corrected chi connectivity index (χ0v) is 14.9. The van der Waals surface area contributed by atoms with Crippen LogP contribution in [0.2, 0.25) is 5.02 Å². The van der Waals surface area contributed by atoms with Crippen molar-refractivity contribution in [3.63, 3.8) is 0 Å². The first-order chi connectivity index (χ1) is 12.5. The highest BCUT2D eigenvalue weighted by molar-refractivity contribution is 6.30. The molecule has 0 unspecified atom stereocenters. The van der Waals surface area contributed by atoms with Crippen molar-refractivity contribution < 1.29 is 18.8 Å². The topological polar surface area (TPSA) is 70.4 Å². The molecule has 2 aromatic carbocycles. The fourth-order valence-corrected chi connectivity index (χ4v) is 3.17. The van der Waals surface area contributed by atoms with Crippen molar-refractivity contribution in [2.75, 3.05) is 12.5 Å². The fraction of sp³-hybridized carbons (Fsp3) is 0.158. The Labute approximate surface area is 155 Å². The zero-order valence-electron chi connectivity index (χ0n) is 14.1. The highest BCUT2D eigenvalue weighted by atomic mass is 35.5. The highest BCUT2D eigenvalue weighted by Crippen LogP contribution is 2.35. The summed E-state index contributed by atoms with van der Waals surface area (Å²) in [6.45, 7) is 0.354. The van der Waals surface area contributed by atoms with Crippen molar-refractivity contribution in [1.29, 1.82) is 0 Å². The van der Waals surface area contributed by atoms with Gasteiger partial charge < -0.3 is 9.47 Å². The van der Waals surface area contributed by atoms with Crippen molar-refractivity contribution in [3.8, 4) is 22.8 Å². The van der Waals surface area contributed by atoms with Gasteiger partial charge in [0.25, 0.3) is 0 Å². The summed E-state index contributed by atoms with van der Waals surface area (Å²) < 4.78 is 14.3. The molecule has 0 spiro atoms. The largest absolute Gasteiger partial charge is 0.454 e. The van der Waals surface area contributed by atoms with E-state index >= 15 is 0 Å². The number of fused-ring (bicyclic) bond motifs is 1. The predicted octanol–water partition coefficient (Wildman–Crippen LogP) is 2.83. The van der Waals surface area contributed by atoms with E-state index in [0.717, 1.165) is 17.0 Å². The van der Waals surface area contributed by atoms with Gasteiger partial charge in [0.05, 0.1) is 7.05 Å². The van der Waals surface area contributed by atoms with Crippen molar-refractivity contribution in [3.05, 3.63) is 59.2 Å². The van der Waals surface area contributed by atoms with E-state index in [9.17, 15) is 4.79 Å². The van der Waals surface area contributed by atoms with Crippen LogP contribution in [0.4, 0.5) is 5.95 Å². The number of ether oxygens (including phenoxy) is 2. The Morgan fingerprint density at radius 2 is 2.04 bits per heavy atom. The summed E-state index contributed by atoms with van der Waals surface area (Å²) in [4.78, 5) is 12.5. The molecule has 4 rings (SSSR count). The summed E-state index contributed by atoms with van der Waals surface area (Å²) in [6, 6.07) is 12.6. The molecular weight excluding hydrogens is 354 g/mol. The van der Waals surface area contributed by atoms with Gasteiger partial charge in [-0.2, -0.15) is 0 Å². The summed E-state index contributed by atoms with van der Waals surface area (Å²) in [7, 11) is 1.86. The van der Waals surface area contributed by atoms with E-state index < -0.39 is 0 Å². The van der Waals surface area contributed by atoms with Crippen LogP contribution in [-0.4, -0.2) is 17.1 Å². The number of halogens is 1. The Balaban J connectivity index is 1.65. The molecule has 1 aliphatic heterocycles. The van der Waals surface area contributed by atoms with E-state index in [2.05, 4.69) is 0 Å². The first-order valence-electron chi connectivity index (χ1n) is 8.06. The number of hydrogen-bond acceptors (Lipinski definition) is 4. The van der Waals surface area contributed by atoms with Crippen molar-refractivity contribution >= 4 is 23.3 Å². The number of nitrogen functional groups attached to an aromatic ring is 1. The minimum Gasteiger partial charge on any atom is -0.454 e. The van der Waals surface area contributed by atoms with E-state index in [1.165, 1.54) is 0 Å². The Morgan fingerprint density at radius 3 is 2.85 bits per heavy atom. The fourth-order valence-electron chi connectivity index (χ4n) is 2.98. The Bertz CT molecular complexity index is 1010. The van der Waals surface area contributed by atoms with Crippen molar-refractivity contribution in [2.45, 2.75) is 6.54 Å². The third-order valence-corrected chi connectivity index (χ3v) is 4.64. The van der Waals surface area contributed by atoms with E-state index in [1.807, 2.05) is 36.0 Å². The molecule has 0 atom stereocenters. The molecule has 0 amide bonds. The number of carbonyl (C=O) groups is 1.